The van der Waals surface area contributed by atoms with E-state index in [1.54, 1.807) is 18.3 Å². The molecule has 3 heterocycles. The zero-order valence-corrected chi connectivity index (χ0v) is 15.8. The fourth-order valence-electron chi connectivity index (χ4n) is 2.74. The third-order valence-corrected chi connectivity index (χ3v) is 6.17. The molecular weight excluding hydrogens is 346 g/mol. The smallest absolute Gasteiger partial charge is 0.318 e. The fraction of sp³-hybridized carbons (Fsp3) is 0.562. The molecular formula is C16H21N3O3S2. The summed E-state index contributed by atoms with van der Waals surface area (Å²) in [5.41, 5.74) is 7.43. The number of hydrogen-bond donors (Lipinski definition) is 1. The maximum atomic E-state index is 11.6. The van der Waals surface area contributed by atoms with E-state index in [4.69, 9.17) is 15.2 Å². The summed E-state index contributed by atoms with van der Waals surface area (Å²) in [4.78, 5) is 22.6. The zero-order valence-electron chi connectivity index (χ0n) is 14.2. The molecule has 0 radical (unpaired) electrons. The Bertz CT molecular complexity index is 776. The Morgan fingerprint density at radius 2 is 2.17 bits per heavy atom. The van der Waals surface area contributed by atoms with Crippen molar-refractivity contribution in [3.05, 3.63) is 10.4 Å². The predicted octanol–water partition coefficient (Wildman–Crippen LogP) is 3.02. The van der Waals surface area contributed by atoms with Gasteiger partial charge in [0.05, 0.1) is 25.2 Å². The Balaban J connectivity index is 1.95. The molecule has 8 heteroatoms. The van der Waals surface area contributed by atoms with E-state index in [0.717, 1.165) is 16.6 Å². The Hall–Kier alpha value is -1.38. The molecule has 24 heavy (non-hydrogen) atoms. The van der Waals surface area contributed by atoms with E-state index < -0.39 is 0 Å². The van der Waals surface area contributed by atoms with Gasteiger partial charge in [0.2, 0.25) is 0 Å². The van der Waals surface area contributed by atoms with Crippen LogP contribution in [0, 0.1) is 5.92 Å². The Morgan fingerprint density at radius 3 is 2.83 bits per heavy atom. The second-order valence-electron chi connectivity index (χ2n) is 6.16. The number of anilines is 1. The lowest BCUT2D eigenvalue weighted by molar-refractivity contribution is -0.139. The SMILES string of the molecule is COC(=O)[C@H](C)Sc1nc(N)c2c3c(sc2n1)CO[C@@H](C(C)C)C3. The normalized spacial score (nSPS) is 18.6. The number of hydrogen-bond acceptors (Lipinski definition) is 8. The van der Waals surface area contributed by atoms with E-state index >= 15 is 0 Å². The van der Waals surface area contributed by atoms with Crippen molar-refractivity contribution in [1.82, 2.24) is 9.97 Å². The van der Waals surface area contributed by atoms with Gasteiger partial charge in [0, 0.05) is 11.3 Å². The first kappa shape index (κ1) is 17.4. The molecule has 0 amide bonds. The molecule has 0 saturated heterocycles. The molecule has 1 aliphatic rings. The molecule has 130 valence electrons. The molecule has 2 N–H and O–H groups in total. The number of aromatic nitrogens is 2. The summed E-state index contributed by atoms with van der Waals surface area (Å²) in [5.74, 6) is 0.619. The average molecular weight is 367 g/mol. The zero-order chi connectivity index (χ0) is 17.4. The van der Waals surface area contributed by atoms with Crippen molar-refractivity contribution in [3.8, 4) is 0 Å². The van der Waals surface area contributed by atoms with Crippen LogP contribution in [-0.4, -0.2) is 34.4 Å². The van der Waals surface area contributed by atoms with Crippen molar-refractivity contribution in [2.75, 3.05) is 12.8 Å². The molecule has 0 aliphatic carbocycles. The molecule has 3 rings (SSSR count). The van der Waals surface area contributed by atoms with E-state index in [2.05, 4.69) is 23.8 Å². The van der Waals surface area contributed by atoms with E-state index in [0.29, 0.717) is 23.5 Å². The number of rotatable bonds is 4. The number of nitrogens with two attached hydrogens (primary N) is 1. The summed E-state index contributed by atoms with van der Waals surface area (Å²) in [5, 5.41) is 1.06. The predicted molar refractivity (Wildman–Crippen MR) is 96.3 cm³/mol. The van der Waals surface area contributed by atoms with Gasteiger partial charge in [-0.2, -0.15) is 0 Å². The van der Waals surface area contributed by atoms with Crippen molar-refractivity contribution in [1.29, 1.82) is 0 Å². The Morgan fingerprint density at radius 1 is 1.42 bits per heavy atom. The maximum absolute atomic E-state index is 11.6. The number of carbonyl (C=O) groups is 1. The molecule has 0 spiro atoms. The van der Waals surface area contributed by atoms with E-state index in [-0.39, 0.29) is 17.3 Å². The lowest BCUT2D eigenvalue weighted by Gasteiger charge is -2.26. The highest BCUT2D eigenvalue weighted by molar-refractivity contribution is 8.00. The average Bonchev–Trinajstić information content (AvgIpc) is 2.91. The number of nitrogen functional groups attached to an aromatic ring is 1. The van der Waals surface area contributed by atoms with Gasteiger partial charge in [-0.1, -0.05) is 25.6 Å². The molecule has 0 unspecified atom stereocenters. The largest absolute Gasteiger partial charge is 0.468 e. The molecule has 0 saturated carbocycles. The molecule has 1 aliphatic heterocycles. The summed E-state index contributed by atoms with van der Waals surface area (Å²) in [6, 6.07) is 0. The first-order chi connectivity index (χ1) is 11.4. The Kier molecular flexibility index (Phi) is 4.98. The van der Waals surface area contributed by atoms with Crippen LogP contribution in [-0.2, 0) is 27.3 Å². The highest BCUT2D eigenvalue weighted by Crippen LogP contribution is 2.39. The fourth-order valence-corrected chi connectivity index (χ4v) is 4.73. The monoisotopic (exact) mass is 367 g/mol. The maximum Gasteiger partial charge on any atom is 0.318 e. The van der Waals surface area contributed by atoms with Crippen LogP contribution in [0.3, 0.4) is 0 Å². The number of thioether (sulfide) groups is 1. The number of methoxy groups -OCH3 is 1. The second kappa shape index (κ2) is 6.85. The standard InChI is InChI=1S/C16H21N3O3S2/c1-7(2)10-5-9-11(6-22-10)24-14-12(9)13(17)18-16(19-14)23-8(3)15(20)21-4/h7-8,10H,5-6H2,1-4H3,(H2,17,18,19)/t8-,10+/m0/s1. The topological polar surface area (TPSA) is 87.3 Å². The van der Waals surface area contributed by atoms with Crippen molar-refractivity contribution < 1.29 is 14.3 Å². The van der Waals surface area contributed by atoms with Crippen LogP contribution >= 0.6 is 23.1 Å². The summed E-state index contributed by atoms with van der Waals surface area (Å²) in [6.07, 6.45) is 1.04. The van der Waals surface area contributed by atoms with Crippen LogP contribution in [0.15, 0.2) is 5.16 Å². The minimum absolute atomic E-state index is 0.197. The lowest BCUT2D eigenvalue weighted by atomic mass is 9.96. The molecule has 0 bridgehead atoms. The van der Waals surface area contributed by atoms with Crippen LogP contribution < -0.4 is 5.73 Å². The third kappa shape index (κ3) is 3.22. The molecule has 0 aromatic carbocycles. The van der Waals surface area contributed by atoms with Gasteiger partial charge in [0.1, 0.15) is 15.9 Å². The second-order valence-corrected chi connectivity index (χ2v) is 8.55. The van der Waals surface area contributed by atoms with Crippen molar-refractivity contribution in [2.45, 2.75) is 50.3 Å². The van der Waals surface area contributed by atoms with Crippen LogP contribution in [0.2, 0.25) is 0 Å². The summed E-state index contributed by atoms with van der Waals surface area (Å²) in [7, 11) is 1.37. The lowest BCUT2D eigenvalue weighted by Crippen LogP contribution is -2.26. The van der Waals surface area contributed by atoms with Crippen LogP contribution in [0.25, 0.3) is 10.2 Å². The van der Waals surface area contributed by atoms with Gasteiger partial charge >= 0.3 is 5.97 Å². The molecule has 0 fully saturated rings. The van der Waals surface area contributed by atoms with Gasteiger partial charge in [0.25, 0.3) is 0 Å². The molecule has 2 atom stereocenters. The van der Waals surface area contributed by atoms with Gasteiger partial charge in [-0.25, -0.2) is 9.97 Å². The van der Waals surface area contributed by atoms with Gasteiger partial charge < -0.3 is 15.2 Å². The highest BCUT2D eigenvalue weighted by Gasteiger charge is 2.28. The van der Waals surface area contributed by atoms with E-state index in [1.807, 2.05) is 0 Å². The Labute approximate surface area is 149 Å². The first-order valence-electron chi connectivity index (χ1n) is 7.84. The highest BCUT2D eigenvalue weighted by atomic mass is 32.2. The van der Waals surface area contributed by atoms with Crippen molar-refractivity contribution >= 4 is 45.1 Å². The van der Waals surface area contributed by atoms with E-state index in [1.165, 1.54) is 29.3 Å². The van der Waals surface area contributed by atoms with Gasteiger partial charge in [0.15, 0.2) is 5.16 Å². The summed E-state index contributed by atoms with van der Waals surface area (Å²) in [6.45, 7) is 6.68. The molecule has 2 aromatic rings. The number of nitrogens with zero attached hydrogens (tertiary/aromatic N) is 2. The number of carbonyl (C=O) groups excluding carboxylic acids is 1. The van der Waals surface area contributed by atoms with Gasteiger partial charge in [-0.3, -0.25) is 4.79 Å². The minimum atomic E-state index is -0.380. The first-order valence-corrected chi connectivity index (χ1v) is 9.54. The van der Waals surface area contributed by atoms with Crippen LogP contribution in [0.1, 0.15) is 31.2 Å². The van der Waals surface area contributed by atoms with Gasteiger partial charge in [-0.05, 0) is 18.4 Å². The summed E-state index contributed by atoms with van der Waals surface area (Å²) >= 11 is 2.85. The number of thiophene rings is 1. The van der Waals surface area contributed by atoms with Crippen molar-refractivity contribution in [3.63, 3.8) is 0 Å². The quantitative estimate of drug-likeness (QED) is 0.505. The van der Waals surface area contributed by atoms with E-state index in [9.17, 15) is 4.79 Å². The minimum Gasteiger partial charge on any atom is -0.468 e. The molecule has 2 aromatic heterocycles. The number of ether oxygens (including phenoxy) is 2. The number of fused-ring (bicyclic) bond motifs is 3. The van der Waals surface area contributed by atoms with Gasteiger partial charge in [-0.15, -0.1) is 11.3 Å². The van der Waals surface area contributed by atoms with Crippen LogP contribution in [0.5, 0.6) is 0 Å². The third-order valence-electron chi connectivity index (χ3n) is 4.13. The number of esters is 1. The molecule has 6 nitrogen and oxygen atoms in total. The summed E-state index contributed by atoms with van der Waals surface area (Å²) < 4.78 is 10.7. The van der Waals surface area contributed by atoms with Crippen molar-refractivity contribution in [2.24, 2.45) is 5.92 Å². The van der Waals surface area contributed by atoms with Crippen LogP contribution in [0.4, 0.5) is 5.82 Å².